The van der Waals surface area contributed by atoms with Crippen molar-refractivity contribution < 1.29 is 39.6 Å². The molecule has 1 aliphatic heterocycles. The number of amides is 2. The summed E-state index contributed by atoms with van der Waals surface area (Å²) in [5, 5.41) is 47.7. The summed E-state index contributed by atoms with van der Waals surface area (Å²) in [7, 11) is 5.28. The van der Waals surface area contributed by atoms with E-state index in [1.165, 1.54) is 6.42 Å². The molecule has 6 N–H and O–H groups in total. The van der Waals surface area contributed by atoms with Crippen molar-refractivity contribution in [3.05, 3.63) is 47.5 Å². The minimum absolute atomic E-state index is 0.0206. The maximum absolute atomic E-state index is 14.2. The molecule has 2 aromatic carbocycles. The lowest BCUT2D eigenvalue weighted by Crippen LogP contribution is -2.62. The number of anilines is 1. The number of para-hydroxylation sites is 1. The van der Waals surface area contributed by atoms with Crippen LogP contribution in [0, 0.1) is 29.1 Å². The molecule has 0 unspecified atom stereocenters. The van der Waals surface area contributed by atoms with Crippen molar-refractivity contribution in [1.82, 2.24) is 15.7 Å². The SMILES string of the molecule is COc1c(CN2O[C@@H](CO)[C@@H]([C@H](C)O)[C@H]2C(=O)N[C@H]2C[C@H]3C[C@@H]([C@@H]2C)C3(C)C)cccc1-c1cc(C(=O)NC(CO)CO)cc(N(C)C)c1. The standard InChI is InChI=1S/C37H54N4O8/c1-20-29-14-25(37(29,3)4)15-30(20)39-36(47)33-32(21(2)45)31(19-44)49-41(33)16-22-9-8-10-28(34(22)48-7)23-11-24(13-27(12-23)40(5)6)35(46)38-26(17-42)18-43/h8-13,20-21,25-26,29-33,42-45H,14-19H2,1-7H3,(H,38,46)(H,39,47)/t20-,21-,25+,29-,30-,31-,32+,33-/m0/s1. The second-order valence-electron chi connectivity index (χ2n) is 14.9. The van der Waals surface area contributed by atoms with Gasteiger partial charge in [0.2, 0.25) is 5.91 Å². The number of aliphatic hydroxyl groups excluding tert-OH is 4. The molecule has 3 aliphatic carbocycles. The first-order valence-corrected chi connectivity index (χ1v) is 17.3. The summed E-state index contributed by atoms with van der Waals surface area (Å²) in [4.78, 5) is 35.4. The fourth-order valence-corrected chi connectivity index (χ4v) is 8.40. The topological polar surface area (TPSA) is 164 Å². The number of nitrogens with zero attached hydrogens (tertiary/aromatic N) is 2. The summed E-state index contributed by atoms with van der Waals surface area (Å²) in [6.45, 7) is 7.44. The van der Waals surface area contributed by atoms with E-state index in [0.29, 0.717) is 45.8 Å². The third-order valence-electron chi connectivity index (χ3n) is 11.5. The molecule has 4 fully saturated rings. The Morgan fingerprint density at radius 3 is 2.41 bits per heavy atom. The number of hydrogen-bond acceptors (Lipinski definition) is 10. The molecule has 1 heterocycles. The van der Waals surface area contributed by atoms with E-state index in [1.807, 2.05) is 43.3 Å². The Morgan fingerprint density at radius 2 is 1.84 bits per heavy atom. The first-order chi connectivity index (χ1) is 23.2. The number of hydroxylamine groups is 2. The largest absolute Gasteiger partial charge is 0.496 e. The van der Waals surface area contributed by atoms with Crippen molar-refractivity contribution in [1.29, 1.82) is 0 Å². The van der Waals surface area contributed by atoms with Crippen molar-refractivity contribution in [3.63, 3.8) is 0 Å². The Bertz CT molecular complexity index is 1490. The molecule has 2 bridgehead atoms. The van der Waals surface area contributed by atoms with E-state index in [4.69, 9.17) is 9.57 Å². The van der Waals surface area contributed by atoms with E-state index in [-0.39, 0.29) is 30.5 Å². The Balaban J connectivity index is 1.46. The highest BCUT2D eigenvalue weighted by molar-refractivity contribution is 5.97. The highest BCUT2D eigenvalue weighted by atomic mass is 16.7. The number of ether oxygens (including phenoxy) is 1. The van der Waals surface area contributed by atoms with Crippen LogP contribution in [0.5, 0.6) is 5.75 Å². The fourth-order valence-electron chi connectivity index (χ4n) is 8.40. The minimum Gasteiger partial charge on any atom is -0.496 e. The second kappa shape index (κ2) is 14.9. The van der Waals surface area contributed by atoms with Crippen LogP contribution < -0.4 is 20.3 Å². The summed E-state index contributed by atoms with van der Waals surface area (Å²) in [5.41, 5.74) is 3.46. The van der Waals surface area contributed by atoms with Crippen molar-refractivity contribution in [3.8, 4) is 16.9 Å². The summed E-state index contributed by atoms with van der Waals surface area (Å²) >= 11 is 0. The molecule has 2 amide bonds. The van der Waals surface area contributed by atoms with E-state index >= 15 is 0 Å². The lowest BCUT2D eigenvalue weighted by molar-refractivity contribution is -0.183. The van der Waals surface area contributed by atoms with E-state index < -0.39 is 49.3 Å². The van der Waals surface area contributed by atoms with Gasteiger partial charge in [-0.1, -0.05) is 39.0 Å². The van der Waals surface area contributed by atoms with Gasteiger partial charge in [0, 0.05) is 48.4 Å². The third-order valence-corrected chi connectivity index (χ3v) is 11.5. The van der Waals surface area contributed by atoms with Crippen LogP contribution in [-0.2, 0) is 16.2 Å². The van der Waals surface area contributed by atoms with Gasteiger partial charge in [-0.3, -0.25) is 14.4 Å². The third kappa shape index (κ3) is 7.17. The number of carbonyl (C=O) groups is 2. The lowest BCUT2D eigenvalue weighted by Gasteiger charge is -2.62. The molecular formula is C37H54N4O8. The predicted molar refractivity (Wildman–Crippen MR) is 186 cm³/mol. The monoisotopic (exact) mass is 682 g/mol. The van der Waals surface area contributed by atoms with Gasteiger partial charge >= 0.3 is 0 Å². The molecule has 1 saturated heterocycles. The zero-order chi connectivity index (χ0) is 35.8. The van der Waals surface area contributed by atoms with E-state index in [0.717, 1.165) is 12.1 Å². The van der Waals surface area contributed by atoms with Crippen LogP contribution in [0.1, 0.15) is 56.5 Å². The maximum Gasteiger partial charge on any atom is 0.251 e. The fraction of sp³-hybridized carbons (Fsp3) is 0.622. The van der Waals surface area contributed by atoms with E-state index in [2.05, 4.69) is 31.4 Å². The van der Waals surface area contributed by atoms with Gasteiger partial charge in [-0.25, -0.2) is 0 Å². The Kier molecular flexibility index (Phi) is 11.3. The number of nitrogens with one attached hydrogen (secondary N) is 2. The van der Waals surface area contributed by atoms with Crippen molar-refractivity contribution in [2.24, 2.45) is 29.1 Å². The Morgan fingerprint density at radius 1 is 1.12 bits per heavy atom. The highest BCUT2D eigenvalue weighted by Crippen LogP contribution is 2.61. The van der Waals surface area contributed by atoms with E-state index in [9.17, 15) is 30.0 Å². The van der Waals surface area contributed by atoms with Gasteiger partial charge in [0.25, 0.3) is 5.91 Å². The summed E-state index contributed by atoms with van der Waals surface area (Å²) in [5.74, 6) is 0.594. The molecule has 49 heavy (non-hydrogen) atoms. The molecule has 0 aromatic heterocycles. The zero-order valence-electron chi connectivity index (χ0n) is 29.7. The number of carbonyl (C=O) groups excluding carboxylic acids is 2. The van der Waals surface area contributed by atoms with Crippen LogP contribution in [0.4, 0.5) is 5.69 Å². The minimum atomic E-state index is -0.920. The number of rotatable bonds is 13. The average molecular weight is 683 g/mol. The van der Waals surface area contributed by atoms with Crippen molar-refractivity contribution >= 4 is 17.5 Å². The molecule has 0 spiro atoms. The van der Waals surface area contributed by atoms with Gasteiger partial charge in [0.1, 0.15) is 17.9 Å². The lowest BCUT2D eigenvalue weighted by atomic mass is 9.45. The van der Waals surface area contributed by atoms with Crippen LogP contribution in [-0.4, -0.2) is 109 Å². The smallest absolute Gasteiger partial charge is 0.251 e. The number of fused-ring (bicyclic) bond motifs is 2. The summed E-state index contributed by atoms with van der Waals surface area (Å²) in [6.07, 6.45) is 0.403. The quantitative estimate of drug-likeness (QED) is 0.185. The van der Waals surface area contributed by atoms with Crippen LogP contribution in [0.2, 0.25) is 0 Å². The van der Waals surface area contributed by atoms with Gasteiger partial charge in [-0.2, -0.15) is 5.06 Å². The Hall–Kier alpha value is -3.26. The first kappa shape index (κ1) is 37.0. The van der Waals surface area contributed by atoms with Gasteiger partial charge in [-0.05, 0) is 66.7 Å². The van der Waals surface area contributed by atoms with Crippen LogP contribution >= 0.6 is 0 Å². The molecule has 270 valence electrons. The van der Waals surface area contributed by atoms with Crippen LogP contribution in [0.25, 0.3) is 11.1 Å². The predicted octanol–water partition coefficient (Wildman–Crippen LogP) is 2.17. The van der Waals surface area contributed by atoms with Gasteiger partial charge in [-0.15, -0.1) is 0 Å². The molecule has 2 aromatic rings. The zero-order valence-corrected chi connectivity index (χ0v) is 29.7. The highest BCUT2D eigenvalue weighted by Gasteiger charge is 2.57. The molecule has 3 saturated carbocycles. The number of hydrogen-bond donors (Lipinski definition) is 6. The van der Waals surface area contributed by atoms with Gasteiger partial charge in [0.15, 0.2) is 0 Å². The number of methoxy groups -OCH3 is 1. The molecule has 12 nitrogen and oxygen atoms in total. The van der Waals surface area contributed by atoms with Gasteiger partial charge < -0.3 is 40.7 Å². The van der Waals surface area contributed by atoms with Crippen LogP contribution in [0.3, 0.4) is 0 Å². The average Bonchev–Trinajstić information content (AvgIpc) is 3.45. The molecule has 8 atom stereocenters. The van der Waals surface area contributed by atoms with E-state index in [1.54, 1.807) is 31.2 Å². The molecule has 4 aliphatic rings. The normalized spacial score (nSPS) is 28.1. The van der Waals surface area contributed by atoms with Crippen molar-refractivity contribution in [2.45, 2.75) is 77.4 Å². The van der Waals surface area contributed by atoms with Crippen LogP contribution in [0.15, 0.2) is 36.4 Å². The maximum atomic E-state index is 14.2. The second-order valence-corrected chi connectivity index (χ2v) is 14.9. The summed E-state index contributed by atoms with van der Waals surface area (Å²) < 4.78 is 5.97. The molecule has 6 rings (SSSR count). The summed E-state index contributed by atoms with van der Waals surface area (Å²) in [6, 6.07) is 9.36. The number of benzene rings is 2. The first-order valence-electron chi connectivity index (χ1n) is 17.3. The molecular weight excluding hydrogens is 628 g/mol. The number of aliphatic hydroxyl groups is 4. The molecule has 12 heteroatoms. The Labute approximate surface area is 289 Å². The van der Waals surface area contributed by atoms with Gasteiger partial charge in [0.05, 0.1) is 45.6 Å². The molecule has 0 radical (unpaired) electrons. The van der Waals surface area contributed by atoms with Crippen molar-refractivity contribution in [2.75, 3.05) is 45.9 Å².